The number of carbonyl (C=O) groups is 1. The molecule has 0 saturated carbocycles. The van der Waals surface area contributed by atoms with E-state index in [9.17, 15) is 4.79 Å². The molecule has 1 saturated heterocycles. The highest BCUT2D eigenvalue weighted by molar-refractivity contribution is 5.74. The topological polar surface area (TPSA) is 20.3 Å². The minimum atomic E-state index is 0.189. The van der Waals surface area contributed by atoms with Crippen LogP contribution in [0.5, 0.6) is 0 Å². The largest absolute Gasteiger partial charge is 0.336 e. The third-order valence-corrected chi connectivity index (χ3v) is 2.28. The second-order valence-corrected chi connectivity index (χ2v) is 3.15. The summed E-state index contributed by atoms with van der Waals surface area (Å²) in [7, 11) is 0. The Kier molecular flexibility index (Phi) is 2.32. The first kappa shape index (κ1) is 8.31. The lowest BCUT2D eigenvalue weighted by molar-refractivity contribution is -0.129. The first-order valence-electron chi connectivity index (χ1n) is 4.06. The van der Waals surface area contributed by atoms with E-state index in [2.05, 4.69) is 13.0 Å². The zero-order valence-corrected chi connectivity index (χ0v) is 7.42. The molecule has 0 N–H and O–H groups in total. The van der Waals surface area contributed by atoms with Crippen LogP contribution in [0.15, 0.2) is 11.6 Å². The number of rotatable bonds is 0. The number of amides is 1. The minimum absolute atomic E-state index is 0.189. The molecular formula is C9H15NO. The van der Waals surface area contributed by atoms with Crippen LogP contribution in [0, 0.1) is 0 Å². The highest BCUT2D eigenvalue weighted by Gasteiger charge is 2.25. The van der Waals surface area contributed by atoms with E-state index in [0.29, 0.717) is 6.04 Å². The average molecular weight is 153 g/mol. The van der Waals surface area contributed by atoms with Crippen molar-refractivity contribution in [2.75, 3.05) is 6.54 Å². The van der Waals surface area contributed by atoms with Crippen LogP contribution in [0.4, 0.5) is 0 Å². The van der Waals surface area contributed by atoms with Crippen LogP contribution in [-0.4, -0.2) is 23.4 Å². The van der Waals surface area contributed by atoms with E-state index in [-0.39, 0.29) is 5.91 Å². The van der Waals surface area contributed by atoms with Crippen LogP contribution in [0.3, 0.4) is 0 Å². The van der Waals surface area contributed by atoms with Crippen molar-refractivity contribution in [3.8, 4) is 0 Å². The Morgan fingerprint density at radius 1 is 1.73 bits per heavy atom. The molecule has 1 aliphatic heterocycles. The van der Waals surface area contributed by atoms with E-state index in [1.807, 2.05) is 11.8 Å². The molecule has 0 aromatic heterocycles. The molecule has 0 spiro atoms. The zero-order chi connectivity index (χ0) is 8.43. The van der Waals surface area contributed by atoms with E-state index in [1.54, 1.807) is 6.92 Å². The van der Waals surface area contributed by atoms with Crippen LogP contribution in [0.25, 0.3) is 0 Å². The predicted octanol–water partition coefficient (Wildman–Crippen LogP) is 1.57. The van der Waals surface area contributed by atoms with Crippen molar-refractivity contribution in [3.63, 3.8) is 0 Å². The molecule has 62 valence electrons. The molecule has 1 rings (SSSR count). The summed E-state index contributed by atoms with van der Waals surface area (Å²) in [6.07, 6.45) is 3.16. The Morgan fingerprint density at radius 2 is 2.36 bits per heavy atom. The molecule has 0 bridgehead atoms. The van der Waals surface area contributed by atoms with Gasteiger partial charge in [0.15, 0.2) is 0 Å². The van der Waals surface area contributed by atoms with E-state index in [4.69, 9.17) is 0 Å². The van der Waals surface area contributed by atoms with Crippen molar-refractivity contribution in [2.24, 2.45) is 0 Å². The second kappa shape index (κ2) is 3.07. The standard InChI is InChI=1S/C9H15NO/c1-4-9-5-7(2)10(6-9)8(3)11/h4,7H,5-6H2,1-3H3/b9-4-/t7-/m1/s1. The molecule has 0 unspecified atom stereocenters. The van der Waals surface area contributed by atoms with Gasteiger partial charge in [-0.3, -0.25) is 4.79 Å². The van der Waals surface area contributed by atoms with Crippen LogP contribution < -0.4 is 0 Å². The van der Waals surface area contributed by atoms with E-state index in [1.165, 1.54) is 5.57 Å². The maximum absolute atomic E-state index is 11.0. The van der Waals surface area contributed by atoms with Crippen LogP contribution in [0.2, 0.25) is 0 Å². The van der Waals surface area contributed by atoms with Crippen molar-refractivity contribution >= 4 is 5.91 Å². The normalized spacial score (nSPS) is 28.1. The van der Waals surface area contributed by atoms with Gasteiger partial charge in [-0.15, -0.1) is 0 Å². The Morgan fingerprint density at radius 3 is 2.64 bits per heavy atom. The lowest BCUT2D eigenvalue weighted by Crippen LogP contribution is -2.31. The number of allylic oxidation sites excluding steroid dienone is 1. The maximum Gasteiger partial charge on any atom is 0.219 e. The molecule has 0 aliphatic carbocycles. The Hall–Kier alpha value is -0.790. The SMILES string of the molecule is C/C=C1/C[C@@H](C)N(C(C)=O)C1. The second-order valence-electron chi connectivity index (χ2n) is 3.15. The fourth-order valence-corrected chi connectivity index (χ4v) is 1.56. The predicted molar refractivity (Wildman–Crippen MR) is 45.2 cm³/mol. The molecule has 11 heavy (non-hydrogen) atoms. The summed E-state index contributed by atoms with van der Waals surface area (Å²) < 4.78 is 0. The molecule has 1 fully saturated rings. The van der Waals surface area contributed by atoms with Gasteiger partial charge in [0.05, 0.1) is 0 Å². The quantitative estimate of drug-likeness (QED) is 0.484. The van der Waals surface area contributed by atoms with Crippen molar-refractivity contribution in [3.05, 3.63) is 11.6 Å². The van der Waals surface area contributed by atoms with Crippen molar-refractivity contribution in [1.29, 1.82) is 0 Å². The van der Waals surface area contributed by atoms with Crippen molar-refractivity contribution < 1.29 is 4.79 Å². The van der Waals surface area contributed by atoms with Gasteiger partial charge in [-0.25, -0.2) is 0 Å². The summed E-state index contributed by atoms with van der Waals surface area (Å²) in [6, 6.07) is 0.402. The fourth-order valence-electron chi connectivity index (χ4n) is 1.56. The molecule has 1 heterocycles. The smallest absolute Gasteiger partial charge is 0.219 e. The lowest BCUT2D eigenvalue weighted by atomic mass is 10.2. The van der Waals surface area contributed by atoms with E-state index >= 15 is 0 Å². The summed E-state index contributed by atoms with van der Waals surface area (Å²) in [6.45, 7) is 6.60. The number of hydrogen-bond acceptors (Lipinski definition) is 1. The number of likely N-dealkylation sites (tertiary alicyclic amines) is 1. The molecule has 0 aromatic rings. The number of hydrogen-bond donors (Lipinski definition) is 0. The van der Waals surface area contributed by atoms with Gasteiger partial charge in [0.2, 0.25) is 5.91 Å². The van der Waals surface area contributed by atoms with Gasteiger partial charge in [0.1, 0.15) is 0 Å². The van der Waals surface area contributed by atoms with Crippen LogP contribution in [-0.2, 0) is 4.79 Å². The molecule has 1 aliphatic rings. The molecule has 2 heteroatoms. The highest BCUT2D eigenvalue weighted by atomic mass is 16.2. The van der Waals surface area contributed by atoms with Gasteiger partial charge in [-0.2, -0.15) is 0 Å². The molecule has 0 radical (unpaired) electrons. The average Bonchev–Trinajstić information content (AvgIpc) is 2.30. The summed E-state index contributed by atoms with van der Waals surface area (Å²) in [4.78, 5) is 12.9. The Balaban J connectivity index is 2.66. The van der Waals surface area contributed by atoms with Crippen molar-refractivity contribution in [2.45, 2.75) is 33.2 Å². The first-order chi connectivity index (χ1) is 5.15. The van der Waals surface area contributed by atoms with Crippen LogP contribution in [0.1, 0.15) is 27.2 Å². The minimum Gasteiger partial charge on any atom is -0.336 e. The summed E-state index contributed by atoms with van der Waals surface area (Å²) in [5.41, 5.74) is 1.38. The lowest BCUT2D eigenvalue weighted by Gasteiger charge is -2.18. The first-order valence-corrected chi connectivity index (χ1v) is 4.06. The monoisotopic (exact) mass is 153 g/mol. The molecule has 1 amide bonds. The molecule has 2 nitrogen and oxygen atoms in total. The highest BCUT2D eigenvalue weighted by Crippen LogP contribution is 2.21. The van der Waals surface area contributed by atoms with E-state index < -0.39 is 0 Å². The fraction of sp³-hybridized carbons (Fsp3) is 0.667. The molecular weight excluding hydrogens is 138 g/mol. The van der Waals surface area contributed by atoms with Gasteiger partial charge in [-0.1, -0.05) is 11.6 Å². The number of nitrogens with zero attached hydrogens (tertiary/aromatic N) is 1. The summed E-state index contributed by atoms with van der Waals surface area (Å²) in [5.74, 6) is 0.189. The van der Waals surface area contributed by atoms with Crippen LogP contribution >= 0.6 is 0 Å². The third kappa shape index (κ3) is 1.62. The third-order valence-electron chi connectivity index (χ3n) is 2.28. The van der Waals surface area contributed by atoms with Gasteiger partial charge in [0.25, 0.3) is 0 Å². The Bertz CT molecular complexity index is 196. The Labute approximate surface area is 67.9 Å². The summed E-state index contributed by atoms with van der Waals surface area (Å²) >= 11 is 0. The van der Waals surface area contributed by atoms with Gasteiger partial charge < -0.3 is 4.90 Å². The van der Waals surface area contributed by atoms with E-state index in [0.717, 1.165) is 13.0 Å². The van der Waals surface area contributed by atoms with Gasteiger partial charge >= 0.3 is 0 Å². The molecule has 1 atom stereocenters. The zero-order valence-electron chi connectivity index (χ0n) is 7.42. The van der Waals surface area contributed by atoms with Gasteiger partial charge in [0, 0.05) is 19.5 Å². The molecule has 0 aromatic carbocycles. The van der Waals surface area contributed by atoms with Gasteiger partial charge in [-0.05, 0) is 20.3 Å². The van der Waals surface area contributed by atoms with Crippen molar-refractivity contribution in [1.82, 2.24) is 4.90 Å². The summed E-state index contributed by atoms with van der Waals surface area (Å²) in [5, 5.41) is 0. The number of carbonyl (C=O) groups excluding carboxylic acids is 1. The maximum atomic E-state index is 11.0.